The third-order valence-corrected chi connectivity index (χ3v) is 3.23. The fourth-order valence-corrected chi connectivity index (χ4v) is 2.43. The Hall–Kier alpha value is -1.60. The molecule has 0 fully saturated rings. The minimum Gasteiger partial charge on any atom is -0.405 e. The number of ether oxygens (including phenoxy) is 1. The maximum absolute atomic E-state index is 12.3. The second-order valence-corrected chi connectivity index (χ2v) is 4.77. The van der Waals surface area contributed by atoms with Crippen LogP contribution < -0.4 is 10.5 Å². The molecule has 2 aromatic rings. The lowest BCUT2D eigenvalue weighted by molar-refractivity contribution is -0.274. The quantitative estimate of drug-likeness (QED) is 0.936. The zero-order valence-electron chi connectivity index (χ0n) is 9.94. The van der Waals surface area contributed by atoms with Crippen LogP contribution in [0.1, 0.15) is 18.7 Å². The highest BCUT2D eigenvalue weighted by Gasteiger charge is 2.32. The smallest absolute Gasteiger partial charge is 0.405 e. The molecule has 0 amide bonds. The molecule has 2 N–H and O–H groups in total. The van der Waals surface area contributed by atoms with Crippen LogP contribution in [0.5, 0.6) is 5.75 Å². The van der Waals surface area contributed by atoms with Crippen molar-refractivity contribution in [2.45, 2.75) is 19.3 Å². The summed E-state index contributed by atoms with van der Waals surface area (Å²) < 4.78 is 40.9. The minimum absolute atomic E-state index is 0.263. The van der Waals surface area contributed by atoms with Crippen LogP contribution in [0.3, 0.4) is 0 Å². The molecule has 0 aliphatic heterocycles. The molecular formula is C12H11F3N2OS. The lowest BCUT2D eigenvalue weighted by Crippen LogP contribution is -2.17. The topological polar surface area (TPSA) is 48.1 Å². The Balaban J connectivity index is 2.38. The molecule has 0 radical (unpaired) electrons. The van der Waals surface area contributed by atoms with Crippen LogP contribution in [0.2, 0.25) is 0 Å². The molecule has 1 unspecified atom stereocenters. The summed E-state index contributed by atoms with van der Waals surface area (Å²) in [6.07, 6.45) is -4.72. The van der Waals surface area contributed by atoms with Gasteiger partial charge in [-0.3, -0.25) is 0 Å². The van der Waals surface area contributed by atoms with Crippen LogP contribution in [0.25, 0.3) is 10.6 Å². The van der Waals surface area contributed by atoms with Gasteiger partial charge < -0.3 is 10.5 Å². The normalized spacial score (nSPS) is 13.3. The Morgan fingerprint density at radius 1 is 1.32 bits per heavy atom. The van der Waals surface area contributed by atoms with Crippen molar-refractivity contribution in [1.29, 1.82) is 0 Å². The van der Waals surface area contributed by atoms with Crippen LogP contribution >= 0.6 is 11.3 Å². The number of hydrogen-bond donors (Lipinski definition) is 1. The average molecular weight is 288 g/mol. The van der Waals surface area contributed by atoms with Crippen LogP contribution in [-0.2, 0) is 0 Å². The lowest BCUT2D eigenvalue weighted by Gasteiger charge is -2.11. The van der Waals surface area contributed by atoms with Gasteiger partial charge in [-0.2, -0.15) is 0 Å². The summed E-state index contributed by atoms with van der Waals surface area (Å²) in [4.78, 5) is 4.22. The van der Waals surface area contributed by atoms with Crippen molar-refractivity contribution in [1.82, 2.24) is 4.98 Å². The van der Waals surface area contributed by atoms with Gasteiger partial charge in [0.25, 0.3) is 0 Å². The zero-order valence-corrected chi connectivity index (χ0v) is 10.8. The van der Waals surface area contributed by atoms with Gasteiger partial charge in [-0.25, -0.2) is 4.98 Å². The van der Waals surface area contributed by atoms with Gasteiger partial charge >= 0.3 is 6.36 Å². The molecule has 0 bridgehead atoms. The number of thiazole rings is 1. The highest BCUT2D eigenvalue weighted by molar-refractivity contribution is 7.13. The van der Waals surface area contributed by atoms with Crippen molar-refractivity contribution in [2.75, 3.05) is 0 Å². The van der Waals surface area contributed by atoms with Crippen LogP contribution in [0.15, 0.2) is 29.6 Å². The number of nitrogens with zero attached hydrogens (tertiary/aromatic N) is 1. The molecule has 1 aromatic heterocycles. The molecule has 0 aliphatic carbocycles. The Morgan fingerprint density at radius 2 is 2.00 bits per heavy atom. The molecule has 3 nitrogen and oxygen atoms in total. The molecule has 0 saturated heterocycles. The van der Waals surface area contributed by atoms with E-state index in [-0.39, 0.29) is 11.8 Å². The zero-order chi connectivity index (χ0) is 14.0. The number of halogens is 3. The van der Waals surface area contributed by atoms with Gasteiger partial charge in [0, 0.05) is 11.4 Å². The fourth-order valence-electron chi connectivity index (χ4n) is 1.48. The Labute approximate surface area is 111 Å². The molecule has 19 heavy (non-hydrogen) atoms. The van der Waals surface area contributed by atoms with Gasteiger partial charge in [0.2, 0.25) is 0 Å². The second kappa shape index (κ2) is 5.18. The minimum atomic E-state index is -4.72. The Kier molecular flexibility index (Phi) is 3.77. The van der Waals surface area contributed by atoms with Crippen LogP contribution in [0.4, 0.5) is 13.2 Å². The third-order valence-electron chi connectivity index (χ3n) is 2.33. The van der Waals surface area contributed by atoms with Gasteiger partial charge in [0.1, 0.15) is 10.8 Å². The van der Waals surface area contributed by atoms with Crippen molar-refractivity contribution < 1.29 is 17.9 Å². The molecule has 102 valence electrons. The summed E-state index contributed by atoms with van der Waals surface area (Å²) in [5, 5.41) is 2.18. The molecule has 0 spiro atoms. The summed E-state index contributed by atoms with van der Waals surface area (Å²) in [7, 11) is 0. The van der Waals surface area contributed by atoms with E-state index in [4.69, 9.17) is 5.73 Å². The first-order valence-corrected chi connectivity index (χ1v) is 6.31. The maximum atomic E-state index is 12.3. The number of aromatic nitrogens is 1. The van der Waals surface area contributed by atoms with Crippen molar-refractivity contribution in [3.63, 3.8) is 0 Å². The van der Waals surface area contributed by atoms with E-state index in [0.717, 1.165) is 0 Å². The van der Waals surface area contributed by atoms with E-state index in [0.29, 0.717) is 16.3 Å². The van der Waals surface area contributed by atoms with Crippen LogP contribution in [0, 0.1) is 0 Å². The number of para-hydroxylation sites is 1. The molecule has 1 heterocycles. The predicted octanol–water partition coefficient (Wildman–Crippen LogP) is 3.73. The van der Waals surface area contributed by atoms with Crippen molar-refractivity contribution in [3.8, 4) is 16.3 Å². The highest BCUT2D eigenvalue weighted by Crippen LogP contribution is 2.35. The number of benzene rings is 1. The van der Waals surface area contributed by atoms with Crippen molar-refractivity contribution in [3.05, 3.63) is 35.3 Å². The predicted molar refractivity (Wildman–Crippen MR) is 66.8 cm³/mol. The molecule has 2 rings (SSSR count). The first-order valence-electron chi connectivity index (χ1n) is 5.43. The summed E-state index contributed by atoms with van der Waals surface area (Å²) in [5.74, 6) is -0.263. The standard InChI is InChI=1S/C12H11F3N2OS/c1-7(16)9-6-19-11(17-9)8-4-2-3-5-10(8)18-12(13,14)15/h2-7H,16H2,1H3. The van der Waals surface area contributed by atoms with E-state index < -0.39 is 6.36 Å². The SMILES string of the molecule is CC(N)c1csc(-c2ccccc2OC(F)(F)F)n1. The maximum Gasteiger partial charge on any atom is 0.573 e. The first kappa shape index (κ1) is 13.8. The summed E-state index contributed by atoms with van der Waals surface area (Å²) in [6.45, 7) is 1.76. The summed E-state index contributed by atoms with van der Waals surface area (Å²) in [6, 6.07) is 5.64. The van der Waals surface area contributed by atoms with Gasteiger partial charge in [0.15, 0.2) is 0 Å². The number of nitrogens with two attached hydrogens (primary N) is 1. The van der Waals surface area contributed by atoms with E-state index in [2.05, 4.69) is 9.72 Å². The van der Waals surface area contributed by atoms with Gasteiger partial charge in [-0.1, -0.05) is 12.1 Å². The highest BCUT2D eigenvalue weighted by atomic mass is 32.1. The first-order chi connectivity index (χ1) is 8.87. The molecule has 0 saturated carbocycles. The number of alkyl halides is 3. The largest absolute Gasteiger partial charge is 0.573 e. The molecular weight excluding hydrogens is 277 g/mol. The monoisotopic (exact) mass is 288 g/mol. The van der Waals surface area contributed by atoms with Crippen LogP contribution in [-0.4, -0.2) is 11.3 Å². The third kappa shape index (κ3) is 3.45. The van der Waals surface area contributed by atoms with Gasteiger partial charge in [-0.15, -0.1) is 24.5 Å². The molecule has 1 aromatic carbocycles. The fraction of sp³-hybridized carbons (Fsp3) is 0.250. The average Bonchev–Trinajstić information content (AvgIpc) is 2.76. The second-order valence-electron chi connectivity index (χ2n) is 3.91. The molecule has 1 atom stereocenters. The van der Waals surface area contributed by atoms with E-state index >= 15 is 0 Å². The van der Waals surface area contributed by atoms with E-state index in [9.17, 15) is 13.2 Å². The lowest BCUT2D eigenvalue weighted by atomic mass is 10.2. The van der Waals surface area contributed by atoms with Gasteiger partial charge in [0.05, 0.1) is 11.3 Å². The molecule has 7 heteroatoms. The van der Waals surface area contributed by atoms with Gasteiger partial charge in [-0.05, 0) is 19.1 Å². The summed E-state index contributed by atoms with van der Waals surface area (Å²) >= 11 is 1.23. The van der Waals surface area contributed by atoms with E-state index in [1.165, 1.54) is 29.5 Å². The van der Waals surface area contributed by atoms with E-state index in [1.807, 2.05) is 0 Å². The number of rotatable bonds is 3. The van der Waals surface area contributed by atoms with Crippen molar-refractivity contribution >= 4 is 11.3 Å². The Bertz CT molecular complexity index is 566. The van der Waals surface area contributed by atoms with Crippen molar-refractivity contribution in [2.24, 2.45) is 5.73 Å². The number of hydrogen-bond acceptors (Lipinski definition) is 4. The molecule has 0 aliphatic rings. The Morgan fingerprint density at radius 3 is 2.58 bits per heavy atom. The summed E-state index contributed by atoms with van der Waals surface area (Å²) in [5.41, 5.74) is 6.62. The van der Waals surface area contributed by atoms with E-state index in [1.54, 1.807) is 18.4 Å².